The molecule has 0 radical (unpaired) electrons. The zero-order valence-electron chi connectivity index (χ0n) is 16.1. The average molecular weight is 348 g/mol. The Bertz CT molecular complexity index is 941. The van der Waals surface area contributed by atoms with Gasteiger partial charge in [-0.05, 0) is 27.7 Å². The zero-order chi connectivity index (χ0) is 19.1. The molecular formula is C17H28N6O2. The molecule has 2 N–H and O–H groups in total. The number of hydrogen-bond acceptors (Lipinski definition) is 5. The monoisotopic (exact) mass is 348 g/mol. The van der Waals surface area contributed by atoms with Gasteiger partial charge in [0, 0.05) is 39.8 Å². The molecule has 2 aromatic heterocycles. The van der Waals surface area contributed by atoms with Crippen molar-refractivity contribution >= 4 is 17.1 Å². The van der Waals surface area contributed by atoms with E-state index in [-0.39, 0.29) is 11.1 Å². The van der Waals surface area contributed by atoms with Crippen LogP contribution in [0.5, 0.6) is 0 Å². The summed E-state index contributed by atoms with van der Waals surface area (Å²) in [6, 6.07) is 0. The van der Waals surface area contributed by atoms with Crippen molar-refractivity contribution in [3.63, 3.8) is 0 Å². The number of aryl methyl sites for hydroxylation is 1. The average Bonchev–Trinajstić information content (AvgIpc) is 2.94. The van der Waals surface area contributed by atoms with E-state index in [1.807, 2.05) is 50.3 Å². The van der Waals surface area contributed by atoms with E-state index in [4.69, 9.17) is 5.73 Å². The molecule has 0 spiro atoms. The minimum atomic E-state index is -0.392. The standard InChI is InChI=1S/C17H28N6O2/c1-11(2)8-9-23-12-13(20(5)16(25)21(6)14(12)24)19-15(23)22(7)17(3,4)10-18/h8H,9-10,18H2,1-7H3. The van der Waals surface area contributed by atoms with Gasteiger partial charge in [0.1, 0.15) is 0 Å². The minimum absolute atomic E-state index is 0.349. The molecule has 0 aromatic carbocycles. The van der Waals surface area contributed by atoms with E-state index in [0.29, 0.717) is 30.2 Å². The molecule has 25 heavy (non-hydrogen) atoms. The van der Waals surface area contributed by atoms with E-state index in [1.165, 1.54) is 11.6 Å². The quantitative estimate of drug-likeness (QED) is 0.798. The van der Waals surface area contributed by atoms with Crippen molar-refractivity contribution in [1.82, 2.24) is 18.7 Å². The lowest BCUT2D eigenvalue weighted by atomic mass is 10.1. The van der Waals surface area contributed by atoms with Crippen molar-refractivity contribution in [2.45, 2.75) is 39.8 Å². The van der Waals surface area contributed by atoms with Crippen LogP contribution in [0.25, 0.3) is 11.2 Å². The summed E-state index contributed by atoms with van der Waals surface area (Å²) in [7, 11) is 5.01. The van der Waals surface area contributed by atoms with Gasteiger partial charge in [0.05, 0.1) is 0 Å². The van der Waals surface area contributed by atoms with Gasteiger partial charge in [0.25, 0.3) is 5.56 Å². The van der Waals surface area contributed by atoms with Crippen LogP contribution in [0.3, 0.4) is 0 Å². The highest BCUT2D eigenvalue weighted by molar-refractivity contribution is 5.74. The molecule has 0 fully saturated rings. The largest absolute Gasteiger partial charge is 0.339 e. The van der Waals surface area contributed by atoms with Crippen molar-refractivity contribution < 1.29 is 0 Å². The van der Waals surface area contributed by atoms with Gasteiger partial charge >= 0.3 is 5.69 Å². The molecule has 2 rings (SSSR count). The number of fused-ring (bicyclic) bond motifs is 1. The van der Waals surface area contributed by atoms with Gasteiger partial charge < -0.3 is 15.2 Å². The second-order valence-electron chi connectivity index (χ2n) is 7.26. The fourth-order valence-electron chi connectivity index (χ4n) is 2.55. The van der Waals surface area contributed by atoms with Crippen molar-refractivity contribution in [2.75, 3.05) is 18.5 Å². The van der Waals surface area contributed by atoms with Crippen molar-refractivity contribution in [2.24, 2.45) is 19.8 Å². The SMILES string of the molecule is CC(C)=CCn1c(N(C)C(C)(C)CN)nc2c1c(=O)n(C)c(=O)n2C. The predicted molar refractivity (Wildman–Crippen MR) is 101 cm³/mol. The van der Waals surface area contributed by atoms with Crippen LogP contribution in [-0.4, -0.2) is 37.8 Å². The van der Waals surface area contributed by atoms with Gasteiger partial charge in [0.15, 0.2) is 11.2 Å². The van der Waals surface area contributed by atoms with Crippen molar-refractivity contribution in [1.29, 1.82) is 0 Å². The number of likely N-dealkylation sites (N-methyl/N-ethyl adjacent to an activating group) is 1. The van der Waals surface area contributed by atoms with Gasteiger partial charge in [-0.1, -0.05) is 11.6 Å². The lowest BCUT2D eigenvalue weighted by Crippen LogP contribution is -2.48. The molecular weight excluding hydrogens is 320 g/mol. The molecule has 0 aliphatic carbocycles. The second kappa shape index (κ2) is 6.51. The highest BCUT2D eigenvalue weighted by atomic mass is 16.2. The summed E-state index contributed by atoms with van der Waals surface area (Å²) in [6.45, 7) is 8.93. The number of aromatic nitrogens is 4. The van der Waals surface area contributed by atoms with Gasteiger partial charge in [0.2, 0.25) is 5.95 Å². The molecule has 2 heterocycles. The molecule has 0 unspecified atom stereocenters. The summed E-state index contributed by atoms with van der Waals surface area (Å²) in [5.74, 6) is 0.612. The molecule has 0 saturated carbocycles. The van der Waals surface area contributed by atoms with E-state index in [2.05, 4.69) is 4.98 Å². The second-order valence-corrected chi connectivity index (χ2v) is 7.26. The maximum atomic E-state index is 12.7. The first-order chi connectivity index (χ1) is 11.5. The maximum Gasteiger partial charge on any atom is 0.332 e. The van der Waals surface area contributed by atoms with E-state index in [1.54, 1.807) is 7.05 Å². The van der Waals surface area contributed by atoms with E-state index < -0.39 is 5.69 Å². The fraction of sp³-hybridized carbons (Fsp3) is 0.588. The Morgan fingerprint density at radius 1 is 1.24 bits per heavy atom. The summed E-state index contributed by atoms with van der Waals surface area (Å²) >= 11 is 0. The van der Waals surface area contributed by atoms with Crippen LogP contribution in [0, 0.1) is 0 Å². The lowest BCUT2D eigenvalue weighted by Gasteiger charge is -2.35. The Morgan fingerprint density at radius 2 is 1.84 bits per heavy atom. The normalized spacial score (nSPS) is 11.8. The summed E-state index contributed by atoms with van der Waals surface area (Å²) < 4.78 is 4.37. The van der Waals surface area contributed by atoms with E-state index in [0.717, 1.165) is 10.1 Å². The van der Waals surface area contributed by atoms with Gasteiger partial charge in [-0.15, -0.1) is 0 Å². The molecule has 0 aliphatic rings. The minimum Gasteiger partial charge on any atom is -0.339 e. The van der Waals surface area contributed by atoms with Crippen LogP contribution >= 0.6 is 0 Å². The maximum absolute atomic E-state index is 12.7. The zero-order valence-corrected chi connectivity index (χ0v) is 16.1. The van der Waals surface area contributed by atoms with Crippen LogP contribution in [-0.2, 0) is 20.6 Å². The molecule has 8 heteroatoms. The van der Waals surface area contributed by atoms with Crippen LogP contribution in [0.2, 0.25) is 0 Å². The van der Waals surface area contributed by atoms with Gasteiger partial charge in [-0.2, -0.15) is 4.98 Å². The molecule has 0 aliphatic heterocycles. The molecule has 138 valence electrons. The number of rotatable bonds is 5. The lowest BCUT2D eigenvalue weighted by molar-refractivity contribution is 0.485. The van der Waals surface area contributed by atoms with Crippen LogP contribution < -0.4 is 21.9 Å². The van der Waals surface area contributed by atoms with Gasteiger partial charge in [-0.3, -0.25) is 13.9 Å². The molecule has 0 amide bonds. The third-order valence-corrected chi connectivity index (χ3v) is 4.72. The van der Waals surface area contributed by atoms with Crippen LogP contribution in [0.15, 0.2) is 21.2 Å². The molecule has 0 saturated heterocycles. The van der Waals surface area contributed by atoms with E-state index >= 15 is 0 Å². The van der Waals surface area contributed by atoms with Crippen LogP contribution in [0.1, 0.15) is 27.7 Å². The van der Waals surface area contributed by atoms with Gasteiger partial charge in [-0.25, -0.2) is 4.79 Å². The third-order valence-electron chi connectivity index (χ3n) is 4.72. The smallest absolute Gasteiger partial charge is 0.332 e. The number of nitrogens with zero attached hydrogens (tertiary/aromatic N) is 5. The topological polar surface area (TPSA) is 91.1 Å². The Labute approximate surface area is 147 Å². The Kier molecular flexibility index (Phi) is 4.94. The Morgan fingerprint density at radius 3 is 2.36 bits per heavy atom. The highest BCUT2D eigenvalue weighted by Gasteiger charge is 2.28. The molecule has 2 aromatic rings. The van der Waals surface area contributed by atoms with E-state index in [9.17, 15) is 9.59 Å². The fourth-order valence-corrected chi connectivity index (χ4v) is 2.55. The summed E-state index contributed by atoms with van der Waals surface area (Å²) in [5.41, 5.74) is 6.74. The first-order valence-electron chi connectivity index (χ1n) is 8.26. The first-order valence-corrected chi connectivity index (χ1v) is 8.26. The number of hydrogen-bond donors (Lipinski definition) is 1. The Hall–Kier alpha value is -2.35. The number of anilines is 1. The summed E-state index contributed by atoms with van der Waals surface area (Å²) in [5, 5.41) is 0. The summed E-state index contributed by atoms with van der Waals surface area (Å²) in [4.78, 5) is 31.6. The Balaban J connectivity index is 2.91. The van der Waals surface area contributed by atoms with Crippen LogP contribution in [0.4, 0.5) is 5.95 Å². The number of imidazole rings is 1. The first kappa shape index (κ1) is 19.0. The predicted octanol–water partition coefficient (Wildman–Crippen LogP) is 0.573. The number of nitrogens with two attached hydrogens (primary N) is 1. The summed E-state index contributed by atoms with van der Waals surface area (Å²) in [6.07, 6.45) is 2.03. The van der Waals surface area contributed by atoms with Crippen molar-refractivity contribution in [3.8, 4) is 0 Å². The number of allylic oxidation sites excluding steroid dienone is 2. The molecule has 0 atom stereocenters. The molecule has 8 nitrogen and oxygen atoms in total. The highest BCUT2D eigenvalue weighted by Crippen LogP contribution is 2.24. The van der Waals surface area contributed by atoms with Crippen molar-refractivity contribution in [3.05, 3.63) is 32.5 Å². The molecule has 0 bridgehead atoms. The third kappa shape index (κ3) is 3.13.